The highest BCUT2D eigenvalue weighted by Crippen LogP contribution is 2.35. The molecule has 2 amide bonds. The molecule has 5 rings (SSSR count). The molecular weight excluding hydrogens is 481 g/mol. The second kappa shape index (κ2) is 9.86. The van der Waals surface area contributed by atoms with Crippen molar-refractivity contribution in [1.82, 2.24) is 9.80 Å². The number of imide groups is 1. The van der Waals surface area contributed by atoms with Crippen LogP contribution in [0.5, 0.6) is 0 Å². The SMILES string of the molecule is Cc1ccc(N2C(=O)C(Cl)=C(N3CCN(C(c4ccccc4)c4ccccc4)CC3)C2=O)cc1Cl. The van der Waals surface area contributed by atoms with E-state index in [1.807, 2.05) is 24.0 Å². The number of hydrogen-bond acceptors (Lipinski definition) is 4. The Kier molecular flexibility index (Phi) is 6.65. The topological polar surface area (TPSA) is 43.9 Å². The molecule has 0 unspecified atom stereocenters. The second-order valence-electron chi connectivity index (χ2n) is 8.79. The number of carbonyl (C=O) groups is 2. The molecule has 178 valence electrons. The van der Waals surface area contributed by atoms with E-state index in [0.717, 1.165) is 23.6 Å². The number of rotatable bonds is 5. The fourth-order valence-corrected chi connectivity index (χ4v) is 5.27. The van der Waals surface area contributed by atoms with Crippen LogP contribution in [-0.4, -0.2) is 47.8 Å². The fourth-order valence-electron chi connectivity index (χ4n) is 4.81. The molecule has 0 saturated carbocycles. The monoisotopic (exact) mass is 505 g/mol. The summed E-state index contributed by atoms with van der Waals surface area (Å²) in [5, 5.41) is 0.456. The Morgan fingerprint density at radius 1 is 0.743 bits per heavy atom. The van der Waals surface area contributed by atoms with Crippen LogP contribution in [0.1, 0.15) is 22.7 Å². The van der Waals surface area contributed by atoms with E-state index in [-0.39, 0.29) is 16.8 Å². The molecule has 0 radical (unpaired) electrons. The molecule has 0 aliphatic carbocycles. The van der Waals surface area contributed by atoms with Gasteiger partial charge >= 0.3 is 0 Å². The number of amides is 2. The minimum Gasteiger partial charge on any atom is -0.363 e. The predicted octanol–water partition coefficient (Wildman–Crippen LogP) is 5.38. The van der Waals surface area contributed by atoms with Crippen LogP contribution in [0.3, 0.4) is 0 Å². The first-order valence-corrected chi connectivity index (χ1v) is 12.3. The number of carbonyl (C=O) groups excluding carboxylic acids is 2. The highest BCUT2D eigenvalue weighted by Gasteiger charge is 2.42. The molecule has 5 nitrogen and oxygen atoms in total. The molecule has 2 aliphatic heterocycles. The third kappa shape index (κ3) is 4.47. The van der Waals surface area contributed by atoms with Crippen LogP contribution in [0, 0.1) is 6.92 Å². The van der Waals surface area contributed by atoms with Gasteiger partial charge in [0.15, 0.2) is 0 Å². The Labute approximate surface area is 215 Å². The molecule has 0 atom stereocenters. The molecule has 1 saturated heterocycles. The van der Waals surface area contributed by atoms with Crippen molar-refractivity contribution in [3.63, 3.8) is 0 Å². The van der Waals surface area contributed by atoms with Crippen molar-refractivity contribution >= 4 is 40.7 Å². The largest absolute Gasteiger partial charge is 0.363 e. The van der Waals surface area contributed by atoms with E-state index in [1.54, 1.807) is 18.2 Å². The van der Waals surface area contributed by atoms with E-state index >= 15 is 0 Å². The number of hydrogen-bond donors (Lipinski definition) is 0. The van der Waals surface area contributed by atoms with E-state index in [1.165, 1.54) is 11.1 Å². The lowest BCUT2D eigenvalue weighted by Crippen LogP contribution is -2.48. The van der Waals surface area contributed by atoms with Gasteiger partial charge in [-0.05, 0) is 35.7 Å². The maximum Gasteiger partial charge on any atom is 0.283 e. The Morgan fingerprint density at radius 3 is 1.86 bits per heavy atom. The van der Waals surface area contributed by atoms with Crippen LogP contribution < -0.4 is 4.90 Å². The van der Waals surface area contributed by atoms with Crippen LogP contribution >= 0.6 is 23.2 Å². The minimum absolute atomic E-state index is 0.0391. The van der Waals surface area contributed by atoms with Gasteiger partial charge in [0.1, 0.15) is 10.7 Å². The number of halogens is 2. The molecule has 0 aromatic heterocycles. The third-order valence-corrected chi connectivity index (χ3v) is 7.39. The van der Waals surface area contributed by atoms with Gasteiger partial charge in [-0.25, -0.2) is 4.90 Å². The van der Waals surface area contributed by atoms with Crippen molar-refractivity contribution in [1.29, 1.82) is 0 Å². The summed E-state index contributed by atoms with van der Waals surface area (Å²) < 4.78 is 0. The van der Waals surface area contributed by atoms with Crippen molar-refractivity contribution in [3.05, 3.63) is 111 Å². The van der Waals surface area contributed by atoms with E-state index in [9.17, 15) is 9.59 Å². The predicted molar refractivity (Wildman–Crippen MR) is 139 cm³/mol. The quantitative estimate of drug-likeness (QED) is 0.436. The summed E-state index contributed by atoms with van der Waals surface area (Å²) in [5.74, 6) is -0.920. The molecule has 2 aliphatic rings. The maximum absolute atomic E-state index is 13.3. The number of aryl methyl sites for hydroxylation is 1. The van der Waals surface area contributed by atoms with Crippen LogP contribution in [0.2, 0.25) is 5.02 Å². The summed E-state index contributed by atoms with van der Waals surface area (Å²) >= 11 is 12.7. The Bertz CT molecular complexity index is 1250. The van der Waals surface area contributed by atoms with Gasteiger partial charge in [0.25, 0.3) is 11.8 Å². The zero-order valence-electron chi connectivity index (χ0n) is 19.3. The summed E-state index contributed by atoms with van der Waals surface area (Å²) in [7, 11) is 0. The molecule has 0 N–H and O–H groups in total. The first-order valence-electron chi connectivity index (χ1n) is 11.6. The van der Waals surface area contributed by atoms with Crippen molar-refractivity contribution < 1.29 is 9.59 Å². The summed E-state index contributed by atoms with van der Waals surface area (Å²) in [5.41, 5.74) is 4.01. The zero-order chi connectivity index (χ0) is 24.5. The third-order valence-electron chi connectivity index (χ3n) is 6.64. The van der Waals surface area contributed by atoms with E-state index in [0.29, 0.717) is 23.8 Å². The van der Waals surface area contributed by atoms with Gasteiger partial charge in [0.05, 0.1) is 11.7 Å². The lowest BCUT2D eigenvalue weighted by molar-refractivity contribution is -0.121. The standard InChI is InChI=1S/C28H25Cl2N3O2/c1-19-12-13-22(18-23(19)29)33-27(34)24(30)26(28(33)35)32-16-14-31(15-17-32)25(20-8-4-2-5-9-20)21-10-6-3-7-11-21/h2-13,18,25H,14-17H2,1H3. The molecule has 3 aromatic rings. The van der Waals surface area contributed by atoms with Crippen LogP contribution in [0.4, 0.5) is 5.69 Å². The van der Waals surface area contributed by atoms with Gasteiger partial charge in [-0.15, -0.1) is 0 Å². The fraction of sp³-hybridized carbons (Fsp3) is 0.214. The zero-order valence-corrected chi connectivity index (χ0v) is 20.8. The smallest absolute Gasteiger partial charge is 0.283 e. The van der Waals surface area contributed by atoms with Crippen molar-refractivity contribution in [2.75, 3.05) is 31.1 Å². The van der Waals surface area contributed by atoms with Gasteiger partial charge in [0, 0.05) is 31.2 Å². The van der Waals surface area contributed by atoms with E-state index < -0.39 is 11.8 Å². The minimum atomic E-state index is -0.513. The molecular formula is C28H25Cl2N3O2. The maximum atomic E-state index is 13.3. The van der Waals surface area contributed by atoms with Crippen molar-refractivity contribution in [3.8, 4) is 0 Å². The van der Waals surface area contributed by atoms with Crippen molar-refractivity contribution in [2.24, 2.45) is 0 Å². The number of anilines is 1. The highest BCUT2D eigenvalue weighted by atomic mass is 35.5. The number of benzene rings is 3. The summed E-state index contributed by atoms with van der Waals surface area (Å²) in [6.45, 7) is 4.49. The average Bonchev–Trinajstić information content (AvgIpc) is 3.11. The molecule has 0 bridgehead atoms. The normalized spacial score (nSPS) is 17.1. The van der Waals surface area contributed by atoms with Gasteiger partial charge < -0.3 is 4.90 Å². The average molecular weight is 506 g/mol. The Balaban J connectivity index is 1.36. The first-order chi connectivity index (χ1) is 17.0. The molecule has 7 heteroatoms. The van der Waals surface area contributed by atoms with Gasteiger partial charge in [-0.2, -0.15) is 0 Å². The lowest BCUT2D eigenvalue weighted by Gasteiger charge is -2.40. The van der Waals surface area contributed by atoms with E-state index in [2.05, 4.69) is 53.4 Å². The molecule has 3 aromatic carbocycles. The molecule has 2 heterocycles. The van der Waals surface area contributed by atoms with Crippen molar-refractivity contribution in [2.45, 2.75) is 13.0 Å². The summed E-state index contributed by atoms with van der Waals surface area (Å²) in [6, 6.07) is 26.1. The summed E-state index contributed by atoms with van der Waals surface area (Å²) in [6.07, 6.45) is 0. The van der Waals surface area contributed by atoms with Gasteiger partial charge in [-0.3, -0.25) is 14.5 Å². The second-order valence-corrected chi connectivity index (χ2v) is 9.57. The van der Waals surface area contributed by atoms with Crippen LogP contribution in [-0.2, 0) is 9.59 Å². The number of nitrogens with zero attached hydrogens (tertiary/aromatic N) is 3. The number of piperazine rings is 1. The van der Waals surface area contributed by atoms with Crippen LogP contribution in [0.15, 0.2) is 89.6 Å². The molecule has 35 heavy (non-hydrogen) atoms. The summed E-state index contributed by atoms with van der Waals surface area (Å²) in [4.78, 5) is 31.7. The molecule has 1 fully saturated rings. The Morgan fingerprint density at radius 2 is 1.31 bits per heavy atom. The first kappa shape index (κ1) is 23.6. The lowest BCUT2D eigenvalue weighted by atomic mass is 9.96. The van der Waals surface area contributed by atoms with Gasteiger partial charge in [0.2, 0.25) is 0 Å². The Hall–Kier alpha value is -3.12. The highest BCUT2D eigenvalue weighted by molar-refractivity contribution is 6.52. The molecule has 0 spiro atoms. The van der Waals surface area contributed by atoms with Crippen LogP contribution in [0.25, 0.3) is 0 Å². The van der Waals surface area contributed by atoms with E-state index in [4.69, 9.17) is 23.2 Å². The van der Waals surface area contributed by atoms with Gasteiger partial charge in [-0.1, -0.05) is 89.9 Å².